The molecule has 10 heteroatoms. The van der Waals surface area contributed by atoms with Crippen molar-refractivity contribution in [3.05, 3.63) is 96.1 Å². The molecule has 0 atom stereocenters. The van der Waals surface area contributed by atoms with Gasteiger partial charge in [0.2, 0.25) is 9.84 Å². The van der Waals surface area contributed by atoms with Gasteiger partial charge in [-0.2, -0.15) is 8.42 Å². The molecule has 4 rings (SSSR count). The third-order valence-corrected chi connectivity index (χ3v) is 8.94. The first kappa shape index (κ1) is 27.3. The Kier molecular flexibility index (Phi) is 8.15. The fourth-order valence-corrected chi connectivity index (χ4v) is 6.25. The van der Waals surface area contributed by atoms with Crippen molar-refractivity contribution in [3.63, 3.8) is 0 Å². The molecule has 0 saturated carbocycles. The van der Waals surface area contributed by atoms with Crippen molar-refractivity contribution in [2.45, 2.75) is 23.1 Å². The molecule has 0 aliphatic carbocycles. The summed E-state index contributed by atoms with van der Waals surface area (Å²) in [5.41, 5.74) is 1.56. The quantitative estimate of drug-likeness (QED) is 0.121. The van der Waals surface area contributed by atoms with Gasteiger partial charge in [0.1, 0.15) is 5.75 Å². The molecule has 198 valence electrons. The molecule has 0 aliphatic heterocycles. The van der Waals surface area contributed by atoms with E-state index < -0.39 is 25.0 Å². The summed E-state index contributed by atoms with van der Waals surface area (Å²) in [6.07, 6.45) is 0.278. The Hall–Kier alpha value is -3.73. The van der Waals surface area contributed by atoms with E-state index in [-0.39, 0.29) is 35.0 Å². The van der Waals surface area contributed by atoms with Crippen LogP contribution in [0.2, 0.25) is 0 Å². The van der Waals surface area contributed by atoms with E-state index in [0.717, 1.165) is 10.9 Å². The average molecular weight is 553 g/mol. The van der Waals surface area contributed by atoms with E-state index in [1.807, 2.05) is 25.1 Å². The zero-order chi connectivity index (χ0) is 27.3. The Bertz CT molecular complexity index is 1680. The first-order valence-corrected chi connectivity index (χ1v) is 14.7. The number of ether oxygens (including phenoxy) is 1. The molecule has 0 spiro atoms. The number of hydrogen-bond donors (Lipinski definition) is 2. The highest BCUT2D eigenvalue weighted by molar-refractivity contribution is 8.07. The van der Waals surface area contributed by atoms with Gasteiger partial charge in [0.05, 0.1) is 23.0 Å². The van der Waals surface area contributed by atoms with E-state index >= 15 is 0 Å². The van der Waals surface area contributed by atoms with Gasteiger partial charge in [0.25, 0.3) is 10.1 Å². The van der Waals surface area contributed by atoms with Crippen molar-refractivity contribution in [1.82, 2.24) is 0 Å². The zero-order valence-corrected chi connectivity index (χ0v) is 22.6. The molecule has 2 N–H and O–H groups in total. The van der Waals surface area contributed by atoms with Crippen LogP contribution in [0.3, 0.4) is 0 Å². The van der Waals surface area contributed by atoms with Crippen molar-refractivity contribution in [3.8, 4) is 5.75 Å². The minimum atomic E-state index is -4.14. The predicted molar refractivity (Wildman–Crippen MR) is 148 cm³/mol. The van der Waals surface area contributed by atoms with E-state index in [0.29, 0.717) is 16.8 Å². The molecule has 0 aliphatic rings. The van der Waals surface area contributed by atoms with Crippen LogP contribution in [0.25, 0.3) is 10.8 Å². The second-order valence-corrected chi connectivity index (χ2v) is 12.0. The third kappa shape index (κ3) is 5.88. The molecular formula is C28H28N2O6S2. The van der Waals surface area contributed by atoms with Gasteiger partial charge in [-0.25, -0.2) is 8.42 Å². The fourth-order valence-electron chi connectivity index (χ4n) is 3.89. The van der Waals surface area contributed by atoms with Crippen LogP contribution in [-0.2, 0) is 24.1 Å². The number of hydrogen-bond acceptors (Lipinski definition) is 8. The van der Waals surface area contributed by atoms with Crippen LogP contribution < -0.4 is 10.1 Å². The van der Waals surface area contributed by atoms with Crippen LogP contribution in [0.1, 0.15) is 17.5 Å². The standard InChI is InChI=1S/C28H28N2O6S2/c1-20-11-14-23(15-12-20)38(33,34)36-18-6-17-35-22-13-16-26(30-2)25(19-22)28(29)37(31,32)27-10-5-8-21-7-3-4-9-24(21)27/h3-5,7-16,19,29-30H,6,17-18H2,1-2H3. The molecule has 0 radical (unpaired) electrons. The zero-order valence-electron chi connectivity index (χ0n) is 21.0. The Labute approximate surface area is 222 Å². The molecule has 0 fully saturated rings. The minimum Gasteiger partial charge on any atom is -0.493 e. The summed E-state index contributed by atoms with van der Waals surface area (Å²) in [4.78, 5) is 0.142. The summed E-state index contributed by atoms with van der Waals surface area (Å²) in [7, 11) is -6.37. The van der Waals surface area contributed by atoms with Gasteiger partial charge >= 0.3 is 0 Å². The lowest BCUT2D eigenvalue weighted by atomic mass is 10.1. The molecule has 0 heterocycles. The van der Waals surface area contributed by atoms with Gasteiger partial charge in [-0.05, 0) is 48.7 Å². The van der Waals surface area contributed by atoms with Gasteiger partial charge in [-0.15, -0.1) is 0 Å². The lowest BCUT2D eigenvalue weighted by Gasteiger charge is -2.15. The summed E-state index contributed by atoms with van der Waals surface area (Å²) < 4.78 is 62.4. The van der Waals surface area contributed by atoms with Crippen molar-refractivity contribution in [1.29, 1.82) is 5.41 Å². The van der Waals surface area contributed by atoms with Crippen LogP contribution in [0.5, 0.6) is 5.75 Å². The summed E-state index contributed by atoms with van der Waals surface area (Å²) in [6, 6.07) is 23.2. The monoisotopic (exact) mass is 552 g/mol. The lowest BCUT2D eigenvalue weighted by Crippen LogP contribution is -2.17. The van der Waals surface area contributed by atoms with Crippen LogP contribution >= 0.6 is 0 Å². The maximum absolute atomic E-state index is 13.5. The number of anilines is 1. The number of aryl methyl sites for hydroxylation is 1. The Morgan fingerprint density at radius 2 is 1.58 bits per heavy atom. The molecule has 0 unspecified atom stereocenters. The number of rotatable bonds is 10. The maximum Gasteiger partial charge on any atom is 0.296 e. The second-order valence-electron chi connectivity index (χ2n) is 8.56. The largest absolute Gasteiger partial charge is 0.493 e. The predicted octanol–water partition coefficient (Wildman–Crippen LogP) is 5.16. The van der Waals surface area contributed by atoms with E-state index in [1.54, 1.807) is 49.5 Å². The van der Waals surface area contributed by atoms with Gasteiger partial charge < -0.3 is 10.1 Å². The van der Waals surface area contributed by atoms with Gasteiger partial charge in [0, 0.05) is 30.1 Å². The van der Waals surface area contributed by atoms with E-state index in [1.165, 1.54) is 24.3 Å². The molecule has 0 amide bonds. The van der Waals surface area contributed by atoms with Crippen molar-refractivity contribution in [2.75, 3.05) is 25.6 Å². The molecule has 38 heavy (non-hydrogen) atoms. The van der Waals surface area contributed by atoms with Crippen molar-refractivity contribution in [2.24, 2.45) is 0 Å². The molecule has 0 bridgehead atoms. The number of fused-ring (bicyclic) bond motifs is 1. The molecule has 0 saturated heterocycles. The summed E-state index contributed by atoms with van der Waals surface area (Å²) in [6.45, 7) is 1.91. The van der Waals surface area contributed by atoms with Crippen molar-refractivity contribution >= 4 is 41.5 Å². The SMILES string of the molecule is CNc1ccc(OCCCOS(=O)(=O)c2ccc(C)cc2)cc1C(=N)S(=O)(=O)c1cccc2ccccc12. The normalized spacial score (nSPS) is 11.8. The van der Waals surface area contributed by atoms with Crippen LogP contribution in [-0.4, -0.2) is 42.1 Å². The van der Waals surface area contributed by atoms with Crippen LogP contribution in [0.4, 0.5) is 5.69 Å². The maximum atomic E-state index is 13.5. The fraction of sp³-hybridized carbons (Fsp3) is 0.179. The highest BCUT2D eigenvalue weighted by Gasteiger charge is 2.27. The van der Waals surface area contributed by atoms with Crippen molar-refractivity contribution < 1.29 is 25.8 Å². The second kappa shape index (κ2) is 11.3. The molecule has 0 aromatic heterocycles. The summed E-state index contributed by atoms with van der Waals surface area (Å²) in [5.74, 6) is 0.346. The van der Waals surface area contributed by atoms with Crippen LogP contribution in [0.15, 0.2) is 94.7 Å². The van der Waals surface area contributed by atoms with Gasteiger partial charge in [0.15, 0.2) is 5.04 Å². The topological polar surface area (TPSA) is 123 Å². The first-order valence-electron chi connectivity index (χ1n) is 11.9. The summed E-state index contributed by atoms with van der Waals surface area (Å²) >= 11 is 0. The van der Waals surface area contributed by atoms with Gasteiger partial charge in [-0.3, -0.25) is 9.59 Å². The highest BCUT2D eigenvalue weighted by Crippen LogP contribution is 2.30. The molecule has 8 nitrogen and oxygen atoms in total. The summed E-state index contributed by atoms with van der Waals surface area (Å²) in [5, 5.41) is 12.3. The lowest BCUT2D eigenvalue weighted by molar-refractivity contribution is 0.250. The minimum absolute atomic E-state index is 0.0564. The first-order chi connectivity index (χ1) is 18.1. The highest BCUT2D eigenvalue weighted by atomic mass is 32.2. The van der Waals surface area contributed by atoms with E-state index in [4.69, 9.17) is 14.3 Å². The number of benzene rings is 4. The number of sulfone groups is 1. The smallest absolute Gasteiger partial charge is 0.296 e. The number of nitrogens with one attached hydrogen (secondary N) is 2. The Balaban J connectivity index is 1.46. The van der Waals surface area contributed by atoms with Gasteiger partial charge in [-0.1, -0.05) is 54.1 Å². The Morgan fingerprint density at radius 1 is 0.868 bits per heavy atom. The molecular weight excluding hydrogens is 524 g/mol. The van der Waals surface area contributed by atoms with Crippen LogP contribution in [0, 0.1) is 12.3 Å². The third-order valence-electron chi connectivity index (χ3n) is 5.92. The molecule has 4 aromatic rings. The Morgan fingerprint density at radius 3 is 2.32 bits per heavy atom. The van der Waals surface area contributed by atoms with E-state index in [9.17, 15) is 16.8 Å². The molecule has 4 aromatic carbocycles. The average Bonchev–Trinajstić information content (AvgIpc) is 2.92. The van der Waals surface area contributed by atoms with E-state index in [2.05, 4.69) is 5.32 Å².